The first kappa shape index (κ1) is 24.5. The molecule has 4 aromatic rings. The Hall–Kier alpha value is -4.18. The van der Waals surface area contributed by atoms with E-state index in [1.54, 1.807) is 36.3 Å². The number of nitrogens with zero attached hydrogens (tertiary/aromatic N) is 3. The third kappa shape index (κ3) is 4.79. The normalized spacial score (nSPS) is 12.9. The molecule has 2 aromatic carbocycles. The smallest absolute Gasteiger partial charge is 0.332 e. The maximum atomic E-state index is 13.7. The highest BCUT2D eigenvalue weighted by atomic mass is 32.1. The molecule has 0 aliphatic carbocycles. The second-order valence-electron chi connectivity index (χ2n) is 8.90. The summed E-state index contributed by atoms with van der Waals surface area (Å²) in [6.07, 6.45) is 0.520. The van der Waals surface area contributed by atoms with Crippen LogP contribution in [0.5, 0.6) is 5.75 Å². The number of nitrogens with one attached hydrogen (secondary N) is 1. The Balaban J connectivity index is 1.59. The van der Waals surface area contributed by atoms with Crippen molar-refractivity contribution in [1.29, 1.82) is 0 Å². The number of amides is 2. The first-order valence-electron chi connectivity index (χ1n) is 11.9. The second-order valence-corrected chi connectivity index (χ2v) is 9.98. The molecule has 0 fully saturated rings. The van der Waals surface area contributed by atoms with Gasteiger partial charge in [0.05, 0.1) is 25.6 Å². The molecule has 0 spiro atoms. The highest BCUT2D eigenvalue weighted by molar-refractivity contribution is 7.18. The molecule has 2 aromatic heterocycles. The van der Waals surface area contributed by atoms with Crippen molar-refractivity contribution < 1.29 is 14.3 Å². The standard InChI is InChI=1S/C27H26N4O5S/c1-17(32)29-13-12-21-22(15-29)37-26-24(21)25(34)30(14-18-6-4-3-5-7-18)27(35)31(26)16-23(33)28-19-8-10-20(36-2)11-9-19/h3-11H,12-16H2,1-2H3,(H,28,33). The Morgan fingerprint density at radius 3 is 2.43 bits per heavy atom. The summed E-state index contributed by atoms with van der Waals surface area (Å²) in [5, 5.41) is 3.27. The summed E-state index contributed by atoms with van der Waals surface area (Å²) >= 11 is 1.30. The van der Waals surface area contributed by atoms with Crippen LogP contribution in [-0.4, -0.2) is 39.5 Å². The van der Waals surface area contributed by atoms with Gasteiger partial charge in [-0.15, -0.1) is 11.3 Å². The van der Waals surface area contributed by atoms with Gasteiger partial charge in [-0.05, 0) is 41.8 Å². The second kappa shape index (κ2) is 10.1. The van der Waals surface area contributed by atoms with Crippen LogP contribution in [0.4, 0.5) is 5.69 Å². The summed E-state index contributed by atoms with van der Waals surface area (Å²) in [5.41, 5.74) is 1.31. The van der Waals surface area contributed by atoms with Crippen LogP contribution in [0.2, 0.25) is 0 Å². The van der Waals surface area contributed by atoms with Gasteiger partial charge in [0.2, 0.25) is 11.8 Å². The van der Waals surface area contributed by atoms with Crippen LogP contribution < -0.4 is 21.3 Å². The Kier molecular flexibility index (Phi) is 6.66. The number of methoxy groups -OCH3 is 1. The number of hydrogen-bond acceptors (Lipinski definition) is 6. The maximum Gasteiger partial charge on any atom is 0.332 e. The van der Waals surface area contributed by atoms with Gasteiger partial charge in [-0.2, -0.15) is 0 Å². The number of carbonyl (C=O) groups is 2. The fraction of sp³-hybridized carbons (Fsp3) is 0.259. The number of fused-ring (bicyclic) bond motifs is 3. The van der Waals surface area contributed by atoms with Gasteiger partial charge in [0, 0.05) is 24.0 Å². The van der Waals surface area contributed by atoms with Gasteiger partial charge in [0.15, 0.2) is 0 Å². The highest BCUT2D eigenvalue weighted by Gasteiger charge is 2.27. The van der Waals surface area contributed by atoms with E-state index in [0.29, 0.717) is 41.2 Å². The highest BCUT2D eigenvalue weighted by Crippen LogP contribution is 2.33. The summed E-state index contributed by atoms with van der Waals surface area (Å²) < 4.78 is 7.73. The van der Waals surface area contributed by atoms with E-state index >= 15 is 0 Å². The summed E-state index contributed by atoms with van der Waals surface area (Å²) in [7, 11) is 1.56. The minimum atomic E-state index is -0.548. The minimum absolute atomic E-state index is 0.0409. The number of carbonyl (C=O) groups excluding carboxylic acids is 2. The molecule has 0 saturated carbocycles. The summed E-state index contributed by atoms with van der Waals surface area (Å²) in [6, 6.07) is 16.2. The molecule has 2 amide bonds. The van der Waals surface area contributed by atoms with E-state index in [1.807, 2.05) is 30.3 Å². The number of ether oxygens (including phenoxy) is 1. The SMILES string of the molecule is COc1ccc(NC(=O)Cn2c(=O)n(Cc3ccccc3)c(=O)c3c4c(sc32)CN(C(C)=O)CC4)cc1. The lowest BCUT2D eigenvalue weighted by atomic mass is 10.1. The van der Waals surface area contributed by atoms with Crippen molar-refractivity contribution in [1.82, 2.24) is 14.0 Å². The predicted octanol–water partition coefficient (Wildman–Crippen LogP) is 2.82. The zero-order valence-corrected chi connectivity index (χ0v) is 21.3. The average Bonchev–Trinajstić information content (AvgIpc) is 3.29. The van der Waals surface area contributed by atoms with E-state index in [2.05, 4.69) is 5.32 Å². The Morgan fingerprint density at radius 1 is 1.03 bits per heavy atom. The van der Waals surface area contributed by atoms with E-state index in [9.17, 15) is 19.2 Å². The fourth-order valence-corrected chi connectivity index (χ4v) is 5.93. The molecular formula is C27H26N4O5S. The molecule has 0 saturated heterocycles. The largest absolute Gasteiger partial charge is 0.497 e. The summed E-state index contributed by atoms with van der Waals surface area (Å²) in [6.45, 7) is 2.24. The topological polar surface area (TPSA) is 103 Å². The van der Waals surface area contributed by atoms with Crippen LogP contribution in [0, 0.1) is 0 Å². The molecule has 0 atom stereocenters. The van der Waals surface area contributed by atoms with Crippen LogP contribution in [-0.2, 0) is 35.6 Å². The summed E-state index contributed by atoms with van der Waals surface area (Å²) in [5.74, 6) is 0.226. The van der Waals surface area contributed by atoms with Crippen LogP contribution in [0.1, 0.15) is 22.9 Å². The van der Waals surface area contributed by atoms with Crippen molar-refractivity contribution >= 4 is 39.1 Å². The van der Waals surface area contributed by atoms with Gasteiger partial charge < -0.3 is 15.0 Å². The van der Waals surface area contributed by atoms with Gasteiger partial charge in [0.25, 0.3) is 5.56 Å². The van der Waals surface area contributed by atoms with Gasteiger partial charge in [-0.1, -0.05) is 30.3 Å². The van der Waals surface area contributed by atoms with Crippen molar-refractivity contribution in [2.45, 2.75) is 33.0 Å². The van der Waals surface area contributed by atoms with Crippen molar-refractivity contribution in [3.8, 4) is 5.75 Å². The van der Waals surface area contributed by atoms with E-state index in [0.717, 1.165) is 16.0 Å². The van der Waals surface area contributed by atoms with E-state index in [1.165, 1.54) is 27.4 Å². The molecule has 10 heteroatoms. The van der Waals surface area contributed by atoms with Gasteiger partial charge >= 0.3 is 5.69 Å². The number of hydrogen-bond donors (Lipinski definition) is 1. The molecule has 1 aliphatic rings. The molecule has 5 rings (SSSR count). The van der Waals surface area contributed by atoms with E-state index in [4.69, 9.17) is 4.74 Å². The molecule has 1 N–H and O–H groups in total. The lowest BCUT2D eigenvalue weighted by molar-refractivity contribution is -0.129. The van der Waals surface area contributed by atoms with Crippen molar-refractivity contribution in [2.75, 3.05) is 19.0 Å². The Labute approximate surface area is 216 Å². The maximum absolute atomic E-state index is 13.7. The first-order chi connectivity index (χ1) is 17.9. The minimum Gasteiger partial charge on any atom is -0.497 e. The average molecular weight is 519 g/mol. The monoisotopic (exact) mass is 518 g/mol. The van der Waals surface area contributed by atoms with Crippen LogP contribution in [0.15, 0.2) is 64.2 Å². The Bertz CT molecular complexity index is 1600. The molecule has 3 heterocycles. The molecule has 0 bridgehead atoms. The van der Waals surface area contributed by atoms with Gasteiger partial charge in [0.1, 0.15) is 17.1 Å². The third-order valence-electron chi connectivity index (χ3n) is 6.51. The van der Waals surface area contributed by atoms with Gasteiger partial charge in [-0.3, -0.25) is 23.5 Å². The van der Waals surface area contributed by atoms with Crippen molar-refractivity contribution in [3.05, 3.63) is 91.4 Å². The molecule has 9 nitrogen and oxygen atoms in total. The molecule has 37 heavy (non-hydrogen) atoms. The van der Waals surface area contributed by atoms with E-state index < -0.39 is 11.6 Å². The van der Waals surface area contributed by atoms with Crippen LogP contribution in [0.25, 0.3) is 10.2 Å². The first-order valence-corrected chi connectivity index (χ1v) is 12.7. The zero-order chi connectivity index (χ0) is 26.1. The van der Waals surface area contributed by atoms with Crippen molar-refractivity contribution in [2.24, 2.45) is 0 Å². The lowest BCUT2D eigenvalue weighted by Gasteiger charge is -2.25. The molecule has 0 radical (unpaired) electrons. The lowest BCUT2D eigenvalue weighted by Crippen LogP contribution is -2.42. The predicted molar refractivity (Wildman–Crippen MR) is 142 cm³/mol. The Morgan fingerprint density at radius 2 is 1.76 bits per heavy atom. The zero-order valence-electron chi connectivity index (χ0n) is 20.5. The fourth-order valence-electron chi connectivity index (χ4n) is 4.59. The number of aromatic nitrogens is 2. The number of rotatable bonds is 6. The van der Waals surface area contributed by atoms with Crippen LogP contribution in [0.3, 0.4) is 0 Å². The van der Waals surface area contributed by atoms with Gasteiger partial charge in [-0.25, -0.2) is 4.79 Å². The number of thiophene rings is 1. The van der Waals surface area contributed by atoms with Crippen molar-refractivity contribution in [3.63, 3.8) is 0 Å². The third-order valence-corrected chi connectivity index (χ3v) is 7.75. The molecular weight excluding hydrogens is 492 g/mol. The van der Waals surface area contributed by atoms with E-state index in [-0.39, 0.29) is 24.6 Å². The number of anilines is 1. The molecule has 1 aliphatic heterocycles. The quantitative estimate of drug-likeness (QED) is 0.423. The molecule has 0 unspecified atom stereocenters. The molecule has 190 valence electrons. The summed E-state index contributed by atoms with van der Waals surface area (Å²) in [4.78, 5) is 55.4. The van der Waals surface area contributed by atoms with Crippen LogP contribution >= 0.6 is 11.3 Å². The number of benzene rings is 2.